The normalized spacial score (nSPS) is 12.6. The Balaban J connectivity index is 2.58. The fourth-order valence-electron chi connectivity index (χ4n) is 0.933. The summed E-state index contributed by atoms with van der Waals surface area (Å²) in [7, 11) is 0. The van der Waals surface area contributed by atoms with Gasteiger partial charge in [0.15, 0.2) is 0 Å². The molecule has 1 nitrogen and oxygen atoms in total. The van der Waals surface area contributed by atoms with Crippen LogP contribution >= 0.6 is 0 Å². The molecule has 0 amide bonds. The lowest BCUT2D eigenvalue weighted by Crippen LogP contribution is -2.12. The highest BCUT2D eigenvalue weighted by Crippen LogP contribution is 2.10. The van der Waals surface area contributed by atoms with E-state index in [-0.39, 0.29) is 5.82 Å². The molecule has 1 rings (SSSR count). The highest BCUT2D eigenvalue weighted by molar-refractivity contribution is 5.43. The fraction of sp³-hybridized carbons (Fsp3) is 0.400. The third-order valence-electron chi connectivity index (χ3n) is 1.87. The van der Waals surface area contributed by atoms with Gasteiger partial charge in [0.25, 0.3) is 0 Å². The lowest BCUT2D eigenvalue weighted by atomic mass is 10.2. The van der Waals surface area contributed by atoms with E-state index in [9.17, 15) is 4.39 Å². The van der Waals surface area contributed by atoms with Crippen LogP contribution in [0.25, 0.3) is 0 Å². The number of halogens is 1. The van der Waals surface area contributed by atoms with Gasteiger partial charge >= 0.3 is 0 Å². The molecule has 12 heavy (non-hydrogen) atoms. The van der Waals surface area contributed by atoms with Gasteiger partial charge in [-0.3, -0.25) is 0 Å². The summed E-state index contributed by atoms with van der Waals surface area (Å²) in [5, 5.41) is 3.25. The second-order valence-corrected chi connectivity index (χ2v) is 2.96. The Labute approximate surface area is 72.6 Å². The molecule has 1 atom stereocenters. The van der Waals surface area contributed by atoms with E-state index in [0.717, 1.165) is 12.1 Å². The topological polar surface area (TPSA) is 12.0 Å². The van der Waals surface area contributed by atoms with Gasteiger partial charge in [0.2, 0.25) is 0 Å². The third-order valence-corrected chi connectivity index (χ3v) is 1.87. The number of rotatable bonds is 3. The highest BCUT2D eigenvalue weighted by Gasteiger charge is 1.97. The van der Waals surface area contributed by atoms with Crippen molar-refractivity contribution in [2.45, 2.75) is 26.3 Å². The second-order valence-electron chi connectivity index (χ2n) is 2.96. The third kappa shape index (κ3) is 2.53. The molecule has 1 aromatic carbocycles. The van der Waals surface area contributed by atoms with E-state index >= 15 is 0 Å². The molecule has 0 saturated heterocycles. The molecule has 0 aromatic heterocycles. The van der Waals surface area contributed by atoms with Crippen LogP contribution in [0.1, 0.15) is 20.3 Å². The Kier molecular flexibility index (Phi) is 3.09. The Morgan fingerprint density at radius 2 is 1.92 bits per heavy atom. The molecular formula is C10H14FN. The smallest absolute Gasteiger partial charge is 0.123 e. The van der Waals surface area contributed by atoms with Crippen LogP contribution in [0.2, 0.25) is 0 Å². The van der Waals surface area contributed by atoms with Gasteiger partial charge in [-0.05, 0) is 37.6 Å². The minimum absolute atomic E-state index is 0.190. The molecular weight excluding hydrogens is 153 g/mol. The van der Waals surface area contributed by atoms with E-state index in [2.05, 4.69) is 19.2 Å². The van der Waals surface area contributed by atoms with Gasteiger partial charge in [-0.2, -0.15) is 0 Å². The second kappa shape index (κ2) is 4.10. The molecule has 0 bridgehead atoms. The van der Waals surface area contributed by atoms with Crippen molar-refractivity contribution in [1.82, 2.24) is 0 Å². The molecule has 0 fully saturated rings. The van der Waals surface area contributed by atoms with E-state index in [1.54, 1.807) is 12.1 Å². The average Bonchev–Trinajstić information content (AvgIpc) is 2.09. The molecule has 0 aliphatic rings. The molecule has 1 N–H and O–H groups in total. The maximum Gasteiger partial charge on any atom is 0.123 e. The quantitative estimate of drug-likeness (QED) is 0.729. The van der Waals surface area contributed by atoms with E-state index in [1.165, 1.54) is 12.1 Å². The summed E-state index contributed by atoms with van der Waals surface area (Å²) in [6.45, 7) is 4.21. The Hall–Kier alpha value is -1.05. The minimum atomic E-state index is -0.190. The zero-order chi connectivity index (χ0) is 8.97. The Morgan fingerprint density at radius 1 is 1.33 bits per heavy atom. The first-order valence-corrected chi connectivity index (χ1v) is 4.24. The van der Waals surface area contributed by atoms with Gasteiger partial charge in [0.05, 0.1) is 0 Å². The fourth-order valence-corrected chi connectivity index (χ4v) is 0.933. The number of anilines is 1. The molecule has 1 unspecified atom stereocenters. The molecule has 0 spiro atoms. The summed E-state index contributed by atoms with van der Waals surface area (Å²) < 4.78 is 12.5. The van der Waals surface area contributed by atoms with Crippen LogP contribution in [0.5, 0.6) is 0 Å². The summed E-state index contributed by atoms with van der Waals surface area (Å²) >= 11 is 0. The zero-order valence-electron chi connectivity index (χ0n) is 7.47. The number of nitrogens with one attached hydrogen (secondary N) is 1. The molecule has 2 heteroatoms. The standard InChI is InChI=1S/C10H14FN/c1-3-8(2)12-10-6-4-9(11)5-7-10/h4-8,12H,3H2,1-2H3. The summed E-state index contributed by atoms with van der Waals surface area (Å²) in [4.78, 5) is 0. The van der Waals surface area contributed by atoms with Crippen molar-refractivity contribution in [2.75, 3.05) is 5.32 Å². The first-order valence-electron chi connectivity index (χ1n) is 4.24. The number of hydrogen-bond donors (Lipinski definition) is 1. The van der Waals surface area contributed by atoms with Crippen molar-refractivity contribution < 1.29 is 4.39 Å². The largest absolute Gasteiger partial charge is 0.383 e. The van der Waals surface area contributed by atoms with Crippen molar-refractivity contribution in [1.29, 1.82) is 0 Å². The first-order chi connectivity index (χ1) is 5.72. The SMILES string of the molecule is CCC(C)Nc1ccc(F)cc1. The van der Waals surface area contributed by atoms with Crippen molar-refractivity contribution in [2.24, 2.45) is 0 Å². The van der Waals surface area contributed by atoms with E-state index in [0.29, 0.717) is 6.04 Å². The van der Waals surface area contributed by atoms with E-state index in [1.807, 2.05) is 0 Å². The number of hydrogen-bond acceptors (Lipinski definition) is 1. The van der Waals surface area contributed by atoms with Crippen molar-refractivity contribution in [3.8, 4) is 0 Å². The van der Waals surface area contributed by atoms with Gasteiger partial charge in [-0.25, -0.2) is 4.39 Å². The first kappa shape index (κ1) is 9.04. The van der Waals surface area contributed by atoms with Crippen molar-refractivity contribution >= 4 is 5.69 Å². The summed E-state index contributed by atoms with van der Waals surface area (Å²) in [5.74, 6) is -0.190. The molecule has 66 valence electrons. The molecule has 0 saturated carbocycles. The summed E-state index contributed by atoms with van der Waals surface area (Å²) in [5.41, 5.74) is 0.978. The van der Waals surface area contributed by atoms with E-state index in [4.69, 9.17) is 0 Å². The molecule has 0 heterocycles. The summed E-state index contributed by atoms with van der Waals surface area (Å²) in [6, 6.07) is 6.87. The molecule has 0 aliphatic carbocycles. The van der Waals surface area contributed by atoms with Crippen LogP contribution in [0.4, 0.5) is 10.1 Å². The minimum Gasteiger partial charge on any atom is -0.383 e. The highest BCUT2D eigenvalue weighted by atomic mass is 19.1. The van der Waals surface area contributed by atoms with Crippen molar-refractivity contribution in [3.63, 3.8) is 0 Å². The van der Waals surface area contributed by atoms with Crippen LogP contribution in [0.15, 0.2) is 24.3 Å². The number of benzene rings is 1. The zero-order valence-corrected chi connectivity index (χ0v) is 7.47. The summed E-state index contributed by atoms with van der Waals surface area (Å²) in [6.07, 6.45) is 1.07. The monoisotopic (exact) mass is 167 g/mol. The van der Waals surface area contributed by atoms with Crippen LogP contribution in [0.3, 0.4) is 0 Å². The lowest BCUT2D eigenvalue weighted by Gasteiger charge is -2.12. The van der Waals surface area contributed by atoms with Crippen molar-refractivity contribution in [3.05, 3.63) is 30.1 Å². The Bertz CT molecular complexity index is 230. The molecule has 1 aromatic rings. The van der Waals surface area contributed by atoms with Gasteiger partial charge < -0.3 is 5.32 Å². The molecule has 0 radical (unpaired) electrons. The van der Waals surface area contributed by atoms with Crippen LogP contribution in [0, 0.1) is 5.82 Å². The average molecular weight is 167 g/mol. The van der Waals surface area contributed by atoms with Gasteiger partial charge in [0, 0.05) is 11.7 Å². The molecule has 0 aliphatic heterocycles. The van der Waals surface area contributed by atoms with Gasteiger partial charge in [-0.15, -0.1) is 0 Å². The Morgan fingerprint density at radius 3 is 2.42 bits per heavy atom. The van der Waals surface area contributed by atoms with Crippen LogP contribution in [-0.4, -0.2) is 6.04 Å². The lowest BCUT2D eigenvalue weighted by molar-refractivity contribution is 0.627. The van der Waals surface area contributed by atoms with Crippen LogP contribution in [-0.2, 0) is 0 Å². The van der Waals surface area contributed by atoms with E-state index < -0.39 is 0 Å². The van der Waals surface area contributed by atoms with Gasteiger partial charge in [-0.1, -0.05) is 6.92 Å². The predicted octanol–water partition coefficient (Wildman–Crippen LogP) is 3.04. The van der Waals surface area contributed by atoms with Crippen LogP contribution < -0.4 is 5.32 Å². The predicted molar refractivity (Wildman–Crippen MR) is 49.8 cm³/mol. The maximum atomic E-state index is 12.5. The van der Waals surface area contributed by atoms with Gasteiger partial charge in [0.1, 0.15) is 5.82 Å². The maximum absolute atomic E-state index is 12.5.